The Morgan fingerprint density at radius 1 is 1.39 bits per heavy atom. The summed E-state index contributed by atoms with van der Waals surface area (Å²) in [6.07, 6.45) is 1.98. The summed E-state index contributed by atoms with van der Waals surface area (Å²) in [7, 11) is 0. The van der Waals surface area contributed by atoms with E-state index in [9.17, 15) is 9.59 Å². The summed E-state index contributed by atoms with van der Waals surface area (Å²) in [6, 6.07) is 7.22. The first-order valence-corrected chi connectivity index (χ1v) is 5.71. The van der Waals surface area contributed by atoms with Gasteiger partial charge in [-0.2, -0.15) is 0 Å². The van der Waals surface area contributed by atoms with E-state index < -0.39 is 0 Å². The minimum Gasteiger partial charge on any atom is -0.347 e. The maximum absolute atomic E-state index is 11.8. The number of carbonyl (C=O) groups is 1. The highest BCUT2D eigenvalue weighted by atomic mass is 16.2. The Morgan fingerprint density at radius 3 is 2.89 bits per heavy atom. The summed E-state index contributed by atoms with van der Waals surface area (Å²) in [6.45, 7) is 2.43. The van der Waals surface area contributed by atoms with Crippen LogP contribution in [0.3, 0.4) is 0 Å². The molecular weight excluding hydrogens is 230 g/mol. The van der Waals surface area contributed by atoms with E-state index in [4.69, 9.17) is 5.84 Å². The zero-order chi connectivity index (χ0) is 13.1. The molecule has 1 amide bonds. The number of nitrogens with two attached hydrogens (primary N) is 1. The number of rotatable bonds is 3. The standard InChI is InChI=1S/C13H15N3O2/c1-9-2-3-11-10(8-9)12(17)4-6-16(11)7-5-13(18)15-14/h2-4,6,8H,5,7,14H2,1H3,(H,15,18). The van der Waals surface area contributed by atoms with Crippen LogP contribution in [0, 0.1) is 6.92 Å². The Hall–Kier alpha value is -2.14. The highest BCUT2D eigenvalue weighted by molar-refractivity contribution is 5.80. The van der Waals surface area contributed by atoms with E-state index in [0.29, 0.717) is 11.9 Å². The van der Waals surface area contributed by atoms with Crippen molar-refractivity contribution in [2.24, 2.45) is 5.84 Å². The van der Waals surface area contributed by atoms with Gasteiger partial charge in [-0.25, -0.2) is 5.84 Å². The Morgan fingerprint density at radius 2 is 2.17 bits per heavy atom. The molecule has 0 spiro atoms. The number of aromatic nitrogens is 1. The zero-order valence-electron chi connectivity index (χ0n) is 10.1. The van der Waals surface area contributed by atoms with Crippen LogP contribution in [-0.4, -0.2) is 10.5 Å². The van der Waals surface area contributed by atoms with Crippen molar-refractivity contribution in [1.82, 2.24) is 9.99 Å². The minimum atomic E-state index is -0.228. The van der Waals surface area contributed by atoms with Crippen LogP contribution in [0.25, 0.3) is 10.9 Å². The van der Waals surface area contributed by atoms with Crippen LogP contribution in [0.2, 0.25) is 0 Å². The van der Waals surface area contributed by atoms with Gasteiger partial charge in [-0.3, -0.25) is 15.0 Å². The molecule has 0 saturated heterocycles. The summed E-state index contributed by atoms with van der Waals surface area (Å²) in [5.74, 6) is 4.81. The quantitative estimate of drug-likeness (QED) is 0.474. The maximum atomic E-state index is 11.8. The highest BCUT2D eigenvalue weighted by Crippen LogP contribution is 2.12. The van der Waals surface area contributed by atoms with Crippen molar-refractivity contribution >= 4 is 16.8 Å². The van der Waals surface area contributed by atoms with Crippen molar-refractivity contribution < 1.29 is 4.79 Å². The summed E-state index contributed by atoms with van der Waals surface area (Å²) >= 11 is 0. The lowest BCUT2D eigenvalue weighted by Crippen LogP contribution is -2.30. The van der Waals surface area contributed by atoms with E-state index in [-0.39, 0.29) is 17.8 Å². The third kappa shape index (κ3) is 2.41. The Kier molecular flexibility index (Phi) is 3.43. The van der Waals surface area contributed by atoms with Gasteiger partial charge in [0.15, 0.2) is 5.43 Å². The first kappa shape index (κ1) is 12.3. The molecule has 94 valence electrons. The lowest BCUT2D eigenvalue weighted by molar-refractivity contribution is -0.121. The van der Waals surface area contributed by atoms with E-state index in [0.717, 1.165) is 11.1 Å². The van der Waals surface area contributed by atoms with E-state index in [1.165, 1.54) is 6.07 Å². The second-order valence-electron chi connectivity index (χ2n) is 4.21. The molecule has 0 fully saturated rings. The Labute approximate surface area is 104 Å². The van der Waals surface area contributed by atoms with Crippen LogP contribution in [0.5, 0.6) is 0 Å². The Balaban J connectivity index is 2.43. The van der Waals surface area contributed by atoms with Gasteiger partial charge in [0, 0.05) is 30.6 Å². The molecule has 5 nitrogen and oxygen atoms in total. The maximum Gasteiger partial charge on any atom is 0.235 e. The third-order valence-electron chi connectivity index (χ3n) is 2.87. The van der Waals surface area contributed by atoms with Gasteiger partial charge in [0.2, 0.25) is 5.91 Å². The van der Waals surface area contributed by atoms with Crippen molar-refractivity contribution in [3.63, 3.8) is 0 Å². The SMILES string of the molecule is Cc1ccc2c(c1)c(=O)ccn2CCC(=O)NN. The number of hydrogen-bond donors (Lipinski definition) is 2. The number of hydrogen-bond acceptors (Lipinski definition) is 3. The van der Waals surface area contributed by atoms with Gasteiger partial charge >= 0.3 is 0 Å². The molecule has 0 aliphatic carbocycles. The molecule has 3 N–H and O–H groups in total. The number of pyridine rings is 1. The fraction of sp³-hybridized carbons (Fsp3) is 0.231. The molecule has 1 aromatic heterocycles. The number of carbonyl (C=O) groups excluding carboxylic acids is 1. The summed E-state index contributed by atoms with van der Waals surface area (Å²) in [5, 5.41) is 0.672. The lowest BCUT2D eigenvalue weighted by atomic mass is 10.1. The van der Waals surface area contributed by atoms with E-state index >= 15 is 0 Å². The first-order chi connectivity index (χ1) is 8.61. The third-order valence-corrected chi connectivity index (χ3v) is 2.87. The van der Waals surface area contributed by atoms with Crippen molar-refractivity contribution in [1.29, 1.82) is 0 Å². The fourth-order valence-electron chi connectivity index (χ4n) is 1.91. The van der Waals surface area contributed by atoms with Crippen LogP contribution in [-0.2, 0) is 11.3 Å². The molecule has 0 saturated carbocycles. The van der Waals surface area contributed by atoms with Crippen molar-refractivity contribution in [2.75, 3.05) is 0 Å². The molecule has 0 atom stereocenters. The number of aryl methyl sites for hydroxylation is 2. The number of amides is 1. The highest BCUT2D eigenvalue weighted by Gasteiger charge is 2.04. The van der Waals surface area contributed by atoms with Crippen LogP contribution < -0.4 is 16.7 Å². The second-order valence-corrected chi connectivity index (χ2v) is 4.21. The molecule has 0 aliphatic rings. The normalized spacial score (nSPS) is 10.6. The lowest BCUT2D eigenvalue weighted by Gasteiger charge is -2.10. The number of fused-ring (bicyclic) bond motifs is 1. The second kappa shape index (κ2) is 5.01. The molecule has 0 radical (unpaired) electrons. The van der Waals surface area contributed by atoms with Gasteiger partial charge in [-0.05, 0) is 19.1 Å². The van der Waals surface area contributed by atoms with Gasteiger partial charge in [0.1, 0.15) is 0 Å². The molecule has 18 heavy (non-hydrogen) atoms. The predicted molar refractivity (Wildman–Crippen MR) is 69.9 cm³/mol. The summed E-state index contributed by atoms with van der Waals surface area (Å²) < 4.78 is 1.88. The molecule has 1 aromatic carbocycles. The zero-order valence-corrected chi connectivity index (χ0v) is 10.1. The fourth-order valence-corrected chi connectivity index (χ4v) is 1.91. The predicted octanol–water partition coefficient (Wildman–Crippen LogP) is 0.690. The largest absolute Gasteiger partial charge is 0.347 e. The molecular formula is C13H15N3O2. The first-order valence-electron chi connectivity index (χ1n) is 5.71. The molecule has 2 rings (SSSR count). The average Bonchev–Trinajstić information content (AvgIpc) is 2.38. The van der Waals surface area contributed by atoms with Crippen LogP contribution in [0.4, 0.5) is 0 Å². The van der Waals surface area contributed by atoms with Gasteiger partial charge in [-0.1, -0.05) is 11.6 Å². The number of nitrogens with zero attached hydrogens (tertiary/aromatic N) is 1. The number of hydrazine groups is 1. The topological polar surface area (TPSA) is 77.1 Å². The summed E-state index contributed by atoms with van der Waals surface area (Å²) in [4.78, 5) is 22.9. The number of nitrogens with one attached hydrogen (secondary N) is 1. The van der Waals surface area contributed by atoms with Crippen LogP contribution in [0.1, 0.15) is 12.0 Å². The number of benzene rings is 1. The van der Waals surface area contributed by atoms with E-state index in [1.807, 2.05) is 29.7 Å². The van der Waals surface area contributed by atoms with Crippen molar-refractivity contribution in [3.8, 4) is 0 Å². The Bertz CT molecular complexity index is 646. The molecule has 2 aromatic rings. The van der Waals surface area contributed by atoms with Crippen molar-refractivity contribution in [2.45, 2.75) is 19.9 Å². The van der Waals surface area contributed by atoms with Crippen LogP contribution in [0.15, 0.2) is 35.3 Å². The van der Waals surface area contributed by atoms with Gasteiger partial charge in [-0.15, -0.1) is 0 Å². The van der Waals surface area contributed by atoms with Gasteiger partial charge in [0.05, 0.1) is 5.52 Å². The van der Waals surface area contributed by atoms with E-state index in [2.05, 4.69) is 5.43 Å². The van der Waals surface area contributed by atoms with E-state index in [1.54, 1.807) is 6.20 Å². The minimum absolute atomic E-state index is 0.00627. The molecule has 5 heteroatoms. The average molecular weight is 245 g/mol. The molecule has 0 unspecified atom stereocenters. The molecule has 0 bridgehead atoms. The monoisotopic (exact) mass is 245 g/mol. The van der Waals surface area contributed by atoms with Crippen molar-refractivity contribution in [3.05, 3.63) is 46.2 Å². The van der Waals surface area contributed by atoms with Gasteiger partial charge < -0.3 is 4.57 Å². The smallest absolute Gasteiger partial charge is 0.235 e. The summed E-state index contributed by atoms with van der Waals surface area (Å²) in [5.41, 5.74) is 3.95. The molecule has 0 aliphatic heterocycles. The molecule has 1 heterocycles. The van der Waals surface area contributed by atoms with Gasteiger partial charge in [0.25, 0.3) is 0 Å². The van der Waals surface area contributed by atoms with Crippen LogP contribution >= 0.6 is 0 Å².